The standard InChI is InChI=1S/C9H13N3O4S/c13-6(3-7(14)15)4-17-9-11-10-8(16)12(9)5-1-2-5/h5-6,13H,1-4H2,(H,10,16)(H,14,15). The second-order valence-corrected chi connectivity index (χ2v) is 4.96. The van der Waals surface area contributed by atoms with Gasteiger partial charge in [-0.3, -0.25) is 9.36 Å². The van der Waals surface area contributed by atoms with Gasteiger partial charge in [-0.25, -0.2) is 9.89 Å². The number of rotatable bonds is 6. The van der Waals surface area contributed by atoms with Crippen LogP contribution in [0.3, 0.4) is 0 Å². The van der Waals surface area contributed by atoms with E-state index in [1.807, 2.05) is 0 Å². The molecule has 1 aromatic heterocycles. The SMILES string of the molecule is O=C(O)CC(O)CSc1n[nH]c(=O)n1C1CC1. The highest BCUT2D eigenvalue weighted by Crippen LogP contribution is 2.36. The molecule has 8 heteroatoms. The van der Waals surface area contributed by atoms with Crippen LogP contribution in [0, 0.1) is 0 Å². The minimum atomic E-state index is -1.04. The summed E-state index contributed by atoms with van der Waals surface area (Å²) in [5.74, 6) is -0.830. The van der Waals surface area contributed by atoms with Gasteiger partial charge in [-0.1, -0.05) is 11.8 Å². The Labute approximate surface area is 101 Å². The molecule has 1 unspecified atom stereocenters. The lowest BCUT2D eigenvalue weighted by Crippen LogP contribution is -2.18. The van der Waals surface area contributed by atoms with Crippen LogP contribution in [0.15, 0.2) is 9.95 Å². The molecule has 2 rings (SSSR count). The molecule has 7 nitrogen and oxygen atoms in total. The van der Waals surface area contributed by atoms with Crippen LogP contribution in [0.5, 0.6) is 0 Å². The third-order valence-electron chi connectivity index (χ3n) is 2.40. The van der Waals surface area contributed by atoms with Crippen LogP contribution in [0.1, 0.15) is 25.3 Å². The highest BCUT2D eigenvalue weighted by molar-refractivity contribution is 7.99. The molecule has 94 valence electrons. The number of aliphatic hydroxyl groups excluding tert-OH is 1. The predicted molar refractivity (Wildman–Crippen MR) is 60.1 cm³/mol. The van der Waals surface area contributed by atoms with Crippen LogP contribution in [0.25, 0.3) is 0 Å². The number of carboxylic acids is 1. The summed E-state index contributed by atoms with van der Waals surface area (Å²) in [5, 5.41) is 24.6. The van der Waals surface area contributed by atoms with Gasteiger partial charge in [-0.15, -0.1) is 5.10 Å². The lowest BCUT2D eigenvalue weighted by Gasteiger charge is -2.07. The smallest absolute Gasteiger partial charge is 0.344 e. The van der Waals surface area contributed by atoms with Crippen molar-refractivity contribution in [1.29, 1.82) is 0 Å². The van der Waals surface area contributed by atoms with Gasteiger partial charge < -0.3 is 10.2 Å². The average Bonchev–Trinajstić information content (AvgIpc) is 2.99. The maximum Gasteiger partial charge on any atom is 0.344 e. The molecule has 0 radical (unpaired) electrons. The Morgan fingerprint density at radius 3 is 2.94 bits per heavy atom. The number of carbonyl (C=O) groups is 1. The van der Waals surface area contributed by atoms with Gasteiger partial charge in [0.05, 0.1) is 12.5 Å². The van der Waals surface area contributed by atoms with Crippen molar-refractivity contribution in [3.63, 3.8) is 0 Å². The largest absolute Gasteiger partial charge is 0.481 e. The summed E-state index contributed by atoms with van der Waals surface area (Å²) in [4.78, 5) is 21.8. The summed E-state index contributed by atoms with van der Waals surface area (Å²) < 4.78 is 1.57. The van der Waals surface area contributed by atoms with E-state index < -0.39 is 12.1 Å². The molecule has 1 aliphatic rings. The average molecular weight is 259 g/mol. The van der Waals surface area contributed by atoms with E-state index in [9.17, 15) is 14.7 Å². The molecular weight excluding hydrogens is 246 g/mol. The van der Waals surface area contributed by atoms with Crippen LogP contribution in [0.2, 0.25) is 0 Å². The van der Waals surface area contributed by atoms with Gasteiger partial charge in [0.2, 0.25) is 0 Å². The fourth-order valence-corrected chi connectivity index (χ4v) is 2.42. The molecule has 1 fully saturated rings. The van der Waals surface area contributed by atoms with Gasteiger partial charge in [0, 0.05) is 11.8 Å². The summed E-state index contributed by atoms with van der Waals surface area (Å²) in [7, 11) is 0. The highest BCUT2D eigenvalue weighted by Gasteiger charge is 2.28. The number of nitrogens with one attached hydrogen (secondary N) is 1. The van der Waals surface area contributed by atoms with Crippen LogP contribution in [0.4, 0.5) is 0 Å². The summed E-state index contributed by atoms with van der Waals surface area (Å²) in [6, 6.07) is 0.209. The zero-order valence-corrected chi connectivity index (χ0v) is 9.81. The van der Waals surface area contributed by atoms with E-state index in [4.69, 9.17) is 5.11 Å². The maximum atomic E-state index is 11.4. The highest BCUT2D eigenvalue weighted by atomic mass is 32.2. The van der Waals surface area contributed by atoms with E-state index in [0.29, 0.717) is 5.16 Å². The van der Waals surface area contributed by atoms with Crippen LogP contribution < -0.4 is 5.69 Å². The van der Waals surface area contributed by atoms with E-state index in [2.05, 4.69) is 10.2 Å². The summed E-state index contributed by atoms with van der Waals surface area (Å²) in [6.45, 7) is 0. The summed E-state index contributed by atoms with van der Waals surface area (Å²) in [6.07, 6.45) is 0.692. The maximum absolute atomic E-state index is 11.4. The number of thioether (sulfide) groups is 1. The minimum absolute atomic E-state index is 0.209. The van der Waals surface area contributed by atoms with E-state index >= 15 is 0 Å². The molecular formula is C9H13N3O4S. The van der Waals surface area contributed by atoms with E-state index in [-0.39, 0.29) is 23.9 Å². The van der Waals surface area contributed by atoms with Gasteiger partial charge in [0.25, 0.3) is 0 Å². The first-order valence-corrected chi connectivity index (χ1v) is 6.26. The zero-order chi connectivity index (χ0) is 12.4. The normalized spacial score (nSPS) is 17.0. The Balaban J connectivity index is 1.95. The number of aromatic nitrogens is 3. The predicted octanol–water partition coefficient (Wildman–Crippen LogP) is -0.166. The quantitative estimate of drug-likeness (QED) is 0.612. The molecule has 0 saturated heterocycles. The van der Waals surface area contributed by atoms with Crippen molar-refractivity contribution in [1.82, 2.24) is 14.8 Å². The molecule has 1 aliphatic carbocycles. The summed E-state index contributed by atoms with van der Waals surface area (Å²) >= 11 is 1.19. The lowest BCUT2D eigenvalue weighted by atomic mass is 10.3. The number of nitrogens with zero attached hydrogens (tertiary/aromatic N) is 2. The Kier molecular flexibility index (Phi) is 3.53. The fourth-order valence-electron chi connectivity index (χ4n) is 1.48. The van der Waals surface area contributed by atoms with Gasteiger partial charge in [0.1, 0.15) is 0 Å². The number of hydrogen-bond donors (Lipinski definition) is 3. The molecule has 1 atom stereocenters. The first-order valence-electron chi connectivity index (χ1n) is 5.27. The van der Waals surface area contributed by atoms with Crippen LogP contribution in [-0.4, -0.2) is 42.8 Å². The van der Waals surface area contributed by atoms with E-state index in [0.717, 1.165) is 12.8 Å². The van der Waals surface area contributed by atoms with Crippen molar-refractivity contribution in [2.75, 3.05) is 5.75 Å². The Bertz CT molecular complexity index is 465. The second-order valence-electron chi connectivity index (χ2n) is 3.98. The summed E-state index contributed by atoms with van der Waals surface area (Å²) in [5.41, 5.74) is -0.247. The van der Waals surface area contributed by atoms with Gasteiger partial charge in [-0.2, -0.15) is 0 Å². The number of H-pyrrole nitrogens is 1. The van der Waals surface area contributed by atoms with Gasteiger partial charge in [0.15, 0.2) is 5.16 Å². The third kappa shape index (κ3) is 3.10. The lowest BCUT2D eigenvalue weighted by molar-refractivity contribution is -0.138. The fraction of sp³-hybridized carbons (Fsp3) is 0.667. The van der Waals surface area contributed by atoms with Crippen molar-refractivity contribution < 1.29 is 15.0 Å². The Hall–Kier alpha value is -1.28. The first-order chi connectivity index (χ1) is 8.08. The van der Waals surface area contributed by atoms with Crippen molar-refractivity contribution in [3.05, 3.63) is 10.5 Å². The van der Waals surface area contributed by atoms with Crippen molar-refractivity contribution >= 4 is 17.7 Å². The Morgan fingerprint density at radius 1 is 1.65 bits per heavy atom. The molecule has 1 heterocycles. The second kappa shape index (κ2) is 4.92. The molecule has 0 aliphatic heterocycles. The van der Waals surface area contributed by atoms with E-state index in [1.165, 1.54) is 11.8 Å². The monoisotopic (exact) mass is 259 g/mol. The number of aliphatic carboxylic acids is 1. The molecule has 17 heavy (non-hydrogen) atoms. The van der Waals surface area contributed by atoms with Crippen LogP contribution >= 0.6 is 11.8 Å². The molecule has 0 aromatic carbocycles. The van der Waals surface area contributed by atoms with Crippen molar-refractivity contribution in [3.8, 4) is 0 Å². The number of aliphatic hydroxyl groups is 1. The molecule has 0 bridgehead atoms. The minimum Gasteiger partial charge on any atom is -0.481 e. The number of aromatic amines is 1. The van der Waals surface area contributed by atoms with Crippen molar-refractivity contribution in [2.45, 2.75) is 36.6 Å². The van der Waals surface area contributed by atoms with Gasteiger partial charge >= 0.3 is 11.7 Å². The molecule has 3 N–H and O–H groups in total. The Morgan fingerprint density at radius 2 is 2.35 bits per heavy atom. The van der Waals surface area contributed by atoms with Gasteiger partial charge in [-0.05, 0) is 12.8 Å². The van der Waals surface area contributed by atoms with Crippen LogP contribution in [-0.2, 0) is 4.79 Å². The third-order valence-corrected chi connectivity index (χ3v) is 3.50. The molecule has 0 amide bonds. The molecule has 1 saturated carbocycles. The first kappa shape index (κ1) is 12.2. The molecule has 1 aromatic rings. The number of carboxylic acid groups (broad SMARTS) is 1. The zero-order valence-electron chi connectivity index (χ0n) is 9.00. The van der Waals surface area contributed by atoms with Crippen molar-refractivity contribution in [2.24, 2.45) is 0 Å². The molecule has 0 spiro atoms. The topological polar surface area (TPSA) is 108 Å². The van der Waals surface area contributed by atoms with E-state index in [1.54, 1.807) is 4.57 Å². The number of hydrogen-bond acceptors (Lipinski definition) is 5.